The van der Waals surface area contributed by atoms with Crippen molar-refractivity contribution >= 4 is 23.5 Å². The van der Waals surface area contributed by atoms with Gasteiger partial charge in [-0.05, 0) is 24.6 Å². The molecular weight excluding hydrogens is 326 g/mol. The van der Waals surface area contributed by atoms with Gasteiger partial charge in [-0.25, -0.2) is 9.98 Å². The first-order valence-electron chi connectivity index (χ1n) is 9.00. The molecule has 0 spiro atoms. The second kappa shape index (κ2) is 6.96. The van der Waals surface area contributed by atoms with E-state index >= 15 is 0 Å². The third-order valence-corrected chi connectivity index (χ3v) is 4.85. The van der Waals surface area contributed by atoms with Crippen LogP contribution >= 0.6 is 0 Å². The van der Waals surface area contributed by atoms with Gasteiger partial charge in [-0.15, -0.1) is 0 Å². The topological polar surface area (TPSA) is 53.0 Å². The predicted molar refractivity (Wildman–Crippen MR) is 106 cm³/mol. The zero-order valence-corrected chi connectivity index (χ0v) is 15.6. The number of benzene rings is 1. The molecule has 2 aromatic rings. The minimum absolute atomic E-state index is 0.314. The lowest BCUT2D eigenvalue weighted by Crippen LogP contribution is -2.24. The highest BCUT2D eigenvalue weighted by molar-refractivity contribution is 5.76. The van der Waals surface area contributed by atoms with Crippen LogP contribution in [0.3, 0.4) is 0 Å². The van der Waals surface area contributed by atoms with E-state index in [0.29, 0.717) is 6.04 Å². The van der Waals surface area contributed by atoms with E-state index in [1.807, 2.05) is 27.5 Å². The summed E-state index contributed by atoms with van der Waals surface area (Å²) >= 11 is 0. The van der Waals surface area contributed by atoms with Crippen LogP contribution in [0.25, 0.3) is 11.3 Å². The molecule has 1 aromatic heterocycles. The molecule has 136 valence electrons. The Morgan fingerprint density at radius 3 is 2.73 bits per heavy atom. The van der Waals surface area contributed by atoms with Crippen LogP contribution in [0, 0.1) is 0 Å². The summed E-state index contributed by atoms with van der Waals surface area (Å²) in [5.41, 5.74) is 5.35. The Morgan fingerprint density at radius 2 is 2.04 bits per heavy atom. The average molecular weight is 351 g/mol. The molecule has 3 heterocycles. The molecule has 1 atom stereocenters. The van der Waals surface area contributed by atoms with Crippen LogP contribution in [0.15, 0.2) is 35.3 Å². The van der Waals surface area contributed by atoms with E-state index in [-0.39, 0.29) is 0 Å². The summed E-state index contributed by atoms with van der Waals surface area (Å²) in [5, 5.41) is 3.58. The van der Waals surface area contributed by atoms with E-state index in [1.165, 1.54) is 5.69 Å². The lowest BCUT2D eigenvalue weighted by molar-refractivity contribution is 0.195. The number of aliphatic imine (C=N–C) groups is 1. The van der Waals surface area contributed by atoms with Gasteiger partial charge in [-0.2, -0.15) is 0 Å². The number of anilines is 2. The molecule has 2 aliphatic rings. The molecule has 0 aliphatic carbocycles. The van der Waals surface area contributed by atoms with E-state index in [0.717, 1.165) is 54.5 Å². The molecule has 6 nitrogen and oxygen atoms in total. The number of hydrogen-bond acceptors (Lipinski definition) is 6. The Labute approximate surface area is 154 Å². The van der Waals surface area contributed by atoms with Crippen LogP contribution in [-0.2, 0) is 11.3 Å². The molecule has 2 aliphatic heterocycles. The van der Waals surface area contributed by atoms with Gasteiger partial charge in [-0.3, -0.25) is 0 Å². The van der Waals surface area contributed by atoms with Gasteiger partial charge in [0.1, 0.15) is 5.82 Å². The molecular formula is C20H25N5O. The molecule has 1 saturated heterocycles. The van der Waals surface area contributed by atoms with Crippen LogP contribution in [0.1, 0.15) is 12.0 Å². The number of nitrogens with zero attached hydrogens (tertiary/aromatic N) is 4. The Morgan fingerprint density at radius 1 is 1.23 bits per heavy atom. The fraction of sp³-hybridized carbons (Fsp3) is 0.400. The summed E-state index contributed by atoms with van der Waals surface area (Å²) in [4.78, 5) is 13.7. The number of nitrogens with one attached hydrogen (secondary N) is 1. The van der Waals surface area contributed by atoms with E-state index in [4.69, 9.17) is 9.72 Å². The van der Waals surface area contributed by atoms with Crippen LogP contribution < -0.4 is 10.2 Å². The van der Waals surface area contributed by atoms with Gasteiger partial charge in [0.15, 0.2) is 0 Å². The first-order chi connectivity index (χ1) is 12.6. The normalized spacial score (nSPS) is 18.7. The van der Waals surface area contributed by atoms with Crippen molar-refractivity contribution in [3.63, 3.8) is 0 Å². The lowest BCUT2D eigenvalue weighted by Gasteiger charge is -2.24. The minimum Gasteiger partial charge on any atom is -0.379 e. The second-order valence-electron chi connectivity index (χ2n) is 7.16. The van der Waals surface area contributed by atoms with Crippen molar-refractivity contribution in [2.24, 2.45) is 4.99 Å². The highest BCUT2D eigenvalue weighted by Crippen LogP contribution is 2.34. The number of aromatic nitrogens is 1. The second-order valence-corrected chi connectivity index (χ2v) is 7.16. The molecule has 4 rings (SSSR count). The Bertz CT molecular complexity index is 810. The highest BCUT2D eigenvalue weighted by Gasteiger charge is 2.22. The van der Waals surface area contributed by atoms with E-state index in [2.05, 4.69) is 50.4 Å². The fourth-order valence-corrected chi connectivity index (χ4v) is 3.32. The molecule has 1 fully saturated rings. The quantitative estimate of drug-likeness (QED) is 0.917. The summed E-state index contributed by atoms with van der Waals surface area (Å²) < 4.78 is 5.51. The molecule has 0 amide bonds. The molecule has 0 unspecified atom stereocenters. The van der Waals surface area contributed by atoms with Gasteiger partial charge in [0.2, 0.25) is 0 Å². The molecule has 0 saturated carbocycles. The highest BCUT2D eigenvalue weighted by atomic mass is 16.5. The summed E-state index contributed by atoms with van der Waals surface area (Å²) in [6.07, 6.45) is 2.89. The van der Waals surface area contributed by atoms with Crippen molar-refractivity contribution < 1.29 is 4.74 Å². The van der Waals surface area contributed by atoms with Crippen molar-refractivity contribution in [1.29, 1.82) is 0 Å². The number of rotatable bonds is 4. The van der Waals surface area contributed by atoms with Crippen molar-refractivity contribution in [2.45, 2.75) is 19.0 Å². The first-order valence-corrected chi connectivity index (χ1v) is 9.00. The van der Waals surface area contributed by atoms with Crippen LogP contribution in [0.2, 0.25) is 0 Å². The molecule has 6 heteroatoms. The van der Waals surface area contributed by atoms with Gasteiger partial charge in [-0.1, -0.05) is 12.1 Å². The smallest absolute Gasteiger partial charge is 0.134 e. The standard InChI is InChI=1S/C20H25N5O/c1-24(2)16-6-4-14(5-7-16)18-10-19-17(11-25(3)13-21-19)20(23-18)22-15-8-9-26-12-15/h4-7,10,13,15H,8-9,11-12H2,1-3H3,(H,22,23)/t15-/m1/s1. The lowest BCUT2D eigenvalue weighted by atomic mass is 10.1. The summed E-state index contributed by atoms with van der Waals surface area (Å²) in [6, 6.07) is 10.9. The van der Waals surface area contributed by atoms with Crippen molar-refractivity contribution in [2.75, 3.05) is 44.6 Å². The Balaban J connectivity index is 1.72. The number of pyridine rings is 1. The van der Waals surface area contributed by atoms with E-state index in [9.17, 15) is 0 Å². The maximum absolute atomic E-state index is 5.51. The average Bonchev–Trinajstić information content (AvgIpc) is 3.15. The minimum atomic E-state index is 0.314. The first kappa shape index (κ1) is 16.8. The zero-order chi connectivity index (χ0) is 18.1. The Kier molecular flexibility index (Phi) is 4.51. The Hall–Kier alpha value is -2.60. The van der Waals surface area contributed by atoms with Gasteiger partial charge in [0.25, 0.3) is 0 Å². The summed E-state index contributed by atoms with van der Waals surface area (Å²) in [5.74, 6) is 0.924. The third kappa shape index (κ3) is 3.37. The van der Waals surface area contributed by atoms with Gasteiger partial charge in [0.05, 0.1) is 30.4 Å². The van der Waals surface area contributed by atoms with Crippen LogP contribution in [0.5, 0.6) is 0 Å². The van der Waals surface area contributed by atoms with Gasteiger partial charge >= 0.3 is 0 Å². The SMILES string of the molecule is CN1C=Nc2cc(-c3ccc(N(C)C)cc3)nc(N[C@@H]3CCOC3)c2C1. The van der Waals surface area contributed by atoms with E-state index in [1.54, 1.807) is 0 Å². The zero-order valence-electron chi connectivity index (χ0n) is 15.6. The molecule has 1 aromatic carbocycles. The third-order valence-electron chi connectivity index (χ3n) is 4.85. The summed E-state index contributed by atoms with van der Waals surface area (Å²) in [7, 11) is 6.12. The largest absolute Gasteiger partial charge is 0.379 e. The van der Waals surface area contributed by atoms with Crippen LogP contribution in [0.4, 0.5) is 17.2 Å². The number of ether oxygens (including phenoxy) is 1. The van der Waals surface area contributed by atoms with Gasteiger partial charge < -0.3 is 19.9 Å². The van der Waals surface area contributed by atoms with Crippen LogP contribution in [-0.4, -0.2) is 56.6 Å². The fourth-order valence-electron chi connectivity index (χ4n) is 3.32. The maximum Gasteiger partial charge on any atom is 0.134 e. The molecule has 26 heavy (non-hydrogen) atoms. The van der Waals surface area contributed by atoms with E-state index < -0.39 is 0 Å². The summed E-state index contributed by atoms with van der Waals surface area (Å²) in [6.45, 7) is 2.35. The van der Waals surface area contributed by atoms with Gasteiger partial charge in [0, 0.05) is 51.1 Å². The molecule has 0 radical (unpaired) electrons. The maximum atomic E-state index is 5.51. The molecule has 1 N–H and O–H groups in total. The van der Waals surface area contributed by atoms with Crippen molar-refractivity contribution in [1.82, 2.24) is 9.88 Å². The predicted octanol–water partition coefficient (Wildman–Crippen LogP) is 3.12. The van der Waals surface area contributed by atoms with Crippen molar-refractivity contribution in [3.05, 3.63) is 35.9 Å². The van der Waals surface area contributed by atoms with Crippen molar-refractivity contribution in [3.8, 4) is 11.3 Å². The monoisotopic (exact) mass is 351 g/mol. The molecule has 0 bridgehead atoms. The number of hydrogen-bond donors (Lipinski definition) is 1. The number of fused-ring (bicyclic) bond motifs is 1.